The van der Waals surface area contributed by atoms with E-state index >= 15 is 0 Å². The predicted molar refractivity (Wildman–Crippen MR) is 96.8 cm³/mol. The molecule has 2 rings (SSSR count). The molecule has 0 spiro atoms. The molecule has 0 fully saturated rings. The van der Waals surface area contributed by atoms with E-state index < -0.39 is 11.9 Å². The van der Waals surface area contributed by atoms with E-state index in [4.69, 9.17) is 0 Å². The number of carbonyl (C=O) groups is 2. The van der Waals surface area contributed by atoms with Gasteiger partial charge in [-0.25, -0.2) is 4.79 Å². The minimum atomic E-state index is -0.542. The molecular weight excluding hydrogens is 346 g/mol. The number of para-hydroxylation sites is 1. The van der Waals surface area contributed by atoms with Gasteiger partial charge in [0.2, 0.25) is 11.0 Å². The molecule has 0 aliphatic heterocycles. The average Bonchev–Trinajstić information content (AvgIpc) is 3.01. The van der Waals surface area contributed by atoms with Crippen molar-refractivity contribution in [2.45, 2.75) is 11.3 Å². The van der Waals surface area contributed by atoms with Crippen LogP contribution < -0.4 is 16.0 Å². The Labute approximate surface area is 147 Å². The summed E-state index contributed by atoms with van der Waals surface area (Å²) in [7, 11) is 0. The summed E-state index contributed by atoms with van der Waals surface area (Å²) in [5.74, 6) is -0.314. The number of amides is 3. The summed E-state index contributed by atoms with van der Waals surface area (Å²) >= 11 is 2.57. The molecule has 0 saturated heterocycles. The first-order chi connectivity index (χ1) is 11.6. The number of imide groups is 1. The van der Waals surface area contributed by atoms with Crippen molar-refractivity contribution in [3.05, 3.63) is 42.5 Å². The second kappa shape index (κ2) is 9.04. The van der Waals surface area contributed by atoms with Gasteiger partial charge in [-0.15, -0.1) is 16.8 Å². The van der Waals surface area contributed by atoms with E-state index in [1.165, 1.54) is 29.2 Å². The number of carbonyl (C=O) groups excluding carboxylic acids is 2. The standard InChI is InChI=1S/C15H17N5O2S2/c1-3-8-16-13(22)18-12(21)9-23-15-20-19-14(24-15)17-11-7-5-4-6-10(11)2/h3-7H,1,8-9H2,2H3,(H,17,19)(H2,16,18,21,22). The van der Waals surface area contributed by atoms with E-state index in [2.05, 4.69) is 32.7 Å². The molecule has 0 radical (unpaired) electrons. The highest BCUT2D eigenvalue weighted by Crippen LogP contribution is 2.28. The topological polar surface area (TPSA) is 96.0 Å². The maximum absolute atomic E-state index is 11.7. The number of nitrogens with one attached hydrogen (secondary N) is 3. The summed E-state index contributed by atoms with van der Waals surface area (Å²) < 4.78 is 0.646. The van der Waals surface area contributed by atoms with Crippen molar-refractivity contribution < 1.29 is 9.59 Å². The molecule has 3 N–H and O–H groups in total. The fourth-order valence-corrected chi connectivity index (χ4v) is 3.21. The van der Waals surface area contributed by atoms with Gasteiger partial charge in [0.15, 0.2) is 4.34 Å². The Bertz CT molecular complexity index is 732. The minimum Gasteiger partial charge on any atom is -0.334 e. The highest BCUT2D eigenvalue weighted by Gasteiger charge is 2.11. The van der Waals surface area contributed by atoms with Crippen molar-refractivity contribution in [3.63, 3.8) is 0 Å². The number of thioether (sulfide) groups is 1. The van der Waals surface area contributed by atoms with Gasteiger partial charge in [-0.2, -0.15) is 0 Å². The van der Waals surface area contributed by atoms with Crippen molar-refractivity contribution in [2.24, 2.45) is 0 Å². The molecule has 0 aliphatic rings. The molecule has 24 heavy (non-hydrogen) atoms. The van der Waals surface area contributed by atoms with Crippen LogP contribution in [0, 0.1) is 6.92 Å². The first-order valence-corrected chi connectivity index (χ1v) is 8.86. The summed E-state index contributed by atoms with van der Waals surface area (Å²) in [5, 5.41) is 16.6. The summed E-state index contributed by atoms with van der Waals surface area (Å²) in [6.07, 6.45) is 1.53. The predicted octanol–water partition coefficient (Wildman–Crippen LogP) is 2.69. The third-order valence-corrected chi connectivity index (χ3v) is 4.75. The van der Waals surface area contributed by atoms with Crippen molar-refractivity contribution >= 4 is 45.9 Å². The molecule has 1 heterocycles. The smallest absolute Gasteiger partial charge is 0.321 e. The summed E-state index contributed by atoms with van der Waals surface area (Å²) in [4.78, 5) is 23.0. The number of hydrogen-bond acceptors (Lipinski definition) is 7. The quantitative estimate of drug-likeness (QED) is 0.517. The Kier molecular flexibility index (Phi) is 6.76. The van der Waals surface area contributed by atoms with Crippen molar-refractivity contribution in [1.82, 2.24) is 20.8 Å². The number of hydrogen-bond donors (Lipinski definition) is 3. The van der Waals surface area contributed by atoms with Gasteiger partial charge in [0.1, 0.15) is 0 Å². The van der Waals surface area contributed by atoms with Crippen LogP contribution in [0.4, 0.5) is 15.6 Å². The monoisotopic (exact) mass is 363 g/mol. The van der Waals surface area contributed by atoms with E-state index in [9.17, 15) is 9.59 Å². The first kappa shape index (κ1) is 18.0. The number of rotatable bonds is 7. The molecule has 0 aliphatic carbocycles. The minimum absolute atomic E-state index is 0.0838. The second-order valence-corrected chi connectivity index (χ2v) is 6.85. The molecule has 0 bridgehead atoms. The molecule has 3 amide bonds. The van der Waals surface area contributed by atoms with Crippen LogP contribution >= 0.6 is 23.1 Å². The number of aromatic nitrogens is 2. The molecule has 2 aromatic rings. The van der Waals surface area contributed by atoms with Crippen LogP contribution in [0.15, 0.2) is 41.3 Å². The van der Waals surface area contributed by atoms with Crippen molar-refractivity contribution in [1.29, 1.82) is 0 Å². The Morgan fingerprint density at radius 3 is 2.88 bits per heavy atom. The highest BCUT2D eigenvalue weighted by atomic mass is 32.2. The fourth-order valence-electron chi connectivity index (χ4n) is 1.65. The van der Waals surface area contributed by atoms with Gasteiger partial charge in [0.05, 0.1) is 5.75 Å². The number of benzene rings is 1. The number of nitrogens with zero attached hydrogens (tertiary/aromatic N) is 2. The van der Waals surface area contributed by atoms with Crippen LogP contribution in [-0.4, -0.2) is 34.4 Å². The first-order valence-electron chi connectivity index (χ1n) is 7.06. The fraction of sp³-hybridized carbons (Fsp3) is 0.200. The molecule has 0 atom stereocenters. The lowest BCUT2D eigenvalue weighted by Crippen LogP contribution is -2.40. The molecule has 7 nitrogen and oxygen atoms in total. The average molecular weight is 363 g/mol. The van der Waals surface area contributed by atoms with Gasteiger partial charge >= 0.3 is 6.03 Å². The molecular formula is C15H17N5O2S2. The van der Waals surface area contributed by atoms with Crippen LogP contribution in [0.2, 0.25) is 0 Å². The highest BCUT2D eigenvalue weighted by molar-refractivity contribution is 8.01. The van der Waals surface area contributed by atoms with Gasteiger partial charge in [0.25, 0.3) is 0 Å². The maximum Gasteiger partial charge on any atom is 0.321 e. The van der Waals surface area contributed by atoms with Gasteiger partial charge in [0, 0.05) is 12.2 Å². The van der Waals surface area contributed by atoms with Crippen molar-refractivity contribution in [3.8, 4) is 0 Å². The third kappa shape index (κ3) is 5.67. The van der Waals surface area contributed by atoms with Gasteiger partial charge in [-0.05, 0) is 18.6 Å². The lowest BCUT2D eigenvalue weighted by Gasteiger charge is -2.04. The molecule has 1 aromatic heterocycles. The van der Waals surface area contributed by atoms with Crippen LogP contribution in [0.5, 0.6) is 0 Å². The normalized spacial score (nSPS) is 10.0. The van der Waals surface area contributed by atoms with Gasteiger partial charge in [-0.1, -0.05) is 47.4 Å². The Hall–Kier alpha value is -2.39. The van der Waals surface area contributed by atoms with Gasteiger partial charge in [-0.3, -0.25) is 10.1 Å². The van der Waals surface area contributed by atoms with Gasteiger partial charge < -0.3 is 10.6 Å². The second-order valence-electron chi connectivity index (χ2n) is 4.65. The lowest BCUT2D eigenvalue weighted by molar-refractivity contribution is -0.117. The zero-order chi connectivity index (χ0) is 17.4. The molecule has 0 unspecified atom stereocenters. The lowest BCUT2D eigenvalue weighted by atomic mass is 10.2. The molecule has 126 valence electrons. The zero-order valence-electron chi connectivity index (χ0n) is 13.0. The Morgan fingerprint density at radius 2 is 2.12 bits per heavy atom. The number of urea groups is 1. The summed E-state index contributed by atoms with van der Waals surface area (Å²) in [5.41, 5.74) is 2.06. The van der Waals surface area contributed by atoms with E-state index in [0.29, 0.717) is 16.0 Å². The van der Waals surface area contributed by atoms with E-state index in [0.717, 1.165) is 11.3 Å². The molecule has 9 heteroatoms. The SMILES string of the molecule is C=CCNC(=O)NC(=O)CSc1nnc(Nc2ccccc2C)s1. The van der Waals surface area contributed by atoms with Crippen LogP contribution in [0.25, 0.3) is 0 Å². The number of aryl methyl sites for hydroxylation is 1. The summed E-state index contributed by atoms with van der Waals surface area (Å²) in [6, 6.07) is 7.32. The maximum atomic E-state index is 11.7. The van der Waals surface area contributed by atoms with Crippen LogP contribution in [0.3, 0.4) is 0 Å². The van der Waals surface area contributed by atoms with E-state index in [1.54, 1.807) is 0 Å². The summed E-state index contributed by atoms with van der Waals surface area (Å²) in [6.45, 7) is 5.78. The molecule has 0 saturated carbocycles. The van der Waals surface area contributed by atoms with E-state index in [-0.39, 0.29) is 5.75 Å². The molecule has 1 aromatic carbocycles. The number of anilines is 2. The van der Waals surface area contributed by atoms with E-state index in [1.807, 2.05) is 31.2 Å². The van der Waals surface area contributed by atoms with Crippen LogP contribution in [-0.2, 0) is 4.79 Å². The largest absolute Gasteiger partial charge is 0.334 e. The third-order valence-electron chi connectivity index (χ3n) is 2.78. The van der Waals surface area contributed by atoms with Crippen LogP contribution in [0.1, 0.15) is 5.56 Å². The van der Waals surface area contributed by atoms with Crippen molar-refractivity contribution in [2.75, 3.05) is 17.6 Å². The Morgan fingerprint density at radius 1 is 1.33 bits per heavy atom. The zero-order valence-corrected chi connectivity index (χ0v) is 14.7. The Balaban J connectivity index is 1.81.